The minimum Gasteiger partial charge on any atom is -0.345 e. The van der Waals surface area contributed by atoms with Crippen LogP contribution in [0, 0.1) is 17.8 Å². The molecule has 26 heavy (non-hydrogen) atoms. The fourth-order valence-electron chi connectivity index (χ4n) is 4.63. The molecule has 0 aromatic heterocycles. The van der Waals surface area contributed by atoms with Crippen molar-refractivity contribution in [2.75, 3.05) is 20.1 Å². The number of hydrogen-bond donors (Lipinski definition) is 2. The van der Waals surface area contributed by atoms with Crippen molar-refractivity contribution in [3.63, 3.8) is 0 Å². The molecule has 2 heterocycles. The minimum atomic E-state index is -0.849. The lowest BCUT2D eigenvalue weighted by Crippen LogP contribution is -2.54. The predicted molar refractivity (Wildman–Crippen MR) is 99.5 cm³/mol. The van der Waals surface area contributed by atoms with Gasteiger partial charge in [-0.15, -0.1) is 11.6 Å². The molecule has 3 aliphatic rings. The third-order valence-corrected chi connectivity index (χ3v) is 6.73. The highest BCUT2D eigenvalue weighted by atomic mass is 35.5. The Bertz CT molecular complexity index is 513. The van der Waals surface area contributed by atoms with Gasteiger partial charge in [-0.25, -0.2) is 4.39 Å². The molecule has 2 saturated heterocycles. The number of carbonyl (C=O) groups excluding carboxylic acids is 2. The van der Waals surface area contributed by atoms with E-state index in [9.17, 15) is 14.0 Å². The molecule has 2 aliphatic heterocycles. The molecule has 0 aromatic rings. The summed E-state index contributed by atoms with van der Waals surface area (Å²) in [5.41, 5.74) is 0. The maximum atomic E-state index is 13.5. The molecule has 1 aliphatic carbocycles. The largest absolute Gasteiger partial charge is 0.345 e. The Labute approximate surface area is 160 Å². The standard InChI is InChI=1S/C19H31ClFN3O2/c1-24-8-2-3-14(19(24)26)18(25)23-17-7-5-13(11-22-17)9-12-4-6-16(21)15(20)10-12/h12-17,22H,2-11H2,1H3,(H,23,25). The van der Waals surface area contributed by atoms with E-state index in [1.807, 2.05) is 0 Å². The van der Waals surface area contributed by atoms with Crippen molar-refractivity contribution >= 4 is 23.4 Å². The topological polar surface area (TPSA) is 61.4 Å². The Hall–Kier alpha value is -0.880. The summed E-state index contributed by atoms with van der Waals surface area (Å²) in [5, 5.41) is 6.09. The molecule has 0 bridgehead atoms. The van der Waals surface area contributed by atoms with E-state index in [2.05, 4.69) is 10.6 Å². The summed E-state index contributed by atoms with van der Waals surface area (Å²) in [6.07, 6.45) is 5.89. The van der Waals surface area contributed by atoms with Crippen LogP contribution in [-0.2, 0) is 9.59 Å². The molecular weight excluding hydrogens is 357 g/mol. The van der Waals surface area contributed by atoms with Crippen LogP contribution in [0.3, 0.4) is 0 Å². The number of amides is 2. The lowest BCUT2D eigenvalue weighted by Gasteiger charge is -2.36. The van der Waals surface area contributed by atoms with E-state index in [4.69, 9.17) is 11.6 Å². The van der Waals surface area contributed by atoms with Crippen LogP contribution in [0.15, 0.2) is 0 Å². The number of halogens is 2. The number of nitrogens with zero attached hydrogens (tertiary/aromatic N) is 1. The van der Waals surface area contributed by atoms with E-state index in [0.717, 1.165) is 51.6 Å². The van der Waals surface area contributed by atoms with E-state index in [1.165, 1.54) is 0 Å². The molecule has 7 heteroatoms. The fourth-order valence-corrected chi connectivity index (χ4v) is 5.01. The zero-order valence-corrected chi connectivity index (χ0v) is 16.3. The Morgan fingerprint density at radius 1 is 1.27 bits per heavy atom. The van der Waals surface area contributed by atoms with E-state index in [-0.39, 0.29) is 23.4 Å². The molecule has 0 spiro atoms. The SMILES string of the molecule is CN1CCCC(C(=O)NC2CCC(CC3CCC(F)C(Cl)C3)CN2)C1=O. The third kappa shape index (κ3) is 4.89. The molecule has 6 unspecified atom stereocenters. The quantitative estimate of drug-likeness (QED) is 0.575. The zero-order chi connectivity index (χ0) is 18.7. The zero-order valence-electron chi connectivity index (χ0n) is 15.6. The lowest BCUT2D eigenvalue weighted by atomic mass is 9.79. The second-order valence-corrected chi connectivity index (χ2v) is 8.87. The van der Waals surface area contributed by atoms with E-state index in [0.29, 0.717) is 24.7 Å². The predicted octanol–water partition coefficient (Wildman–Crippen LogP) is 2.43. The summed E-state index contributed by atoms with van der Waals surface area (Å²) < 4.78 is 13.5. The first-order valence-corrected chi connectivity index (χ1v) is 10.4. The molecule has 1 saturated carbocycles. The van der Waals surface area contributed by atoms with E-state index >= 15 is 0 Å². The van der Waals surface area contributed by atoms with Gasteiger partial charge in [0.25, 0.3) is 0 Å². The number of alkyl halides is 2. The Morgan fingerprint density at radius 3 is 2.73 bits per heavy atom. The van der Waals surface area contributed by atoms with Gasteiger partial charge in [-0.2, -0.15) is 0 Å². The van der Waals surface area contributed by atoms with Gasteiger partial charge in [-0.1, -0.05) is 0 Å². The Morgan fingerprint density at radius 2 is 2.04 bits per heavy atom. The number of hydrogen-bond acceptors (Lipinski definition) is 3. The van der Waals surface area contributed by atoms with Gasteiger partial charge < -0.3 is 10.2 Å². The average molecular weight is 388 g/mol. The van der Waals surface area contributed by atoms with Crippen molar-refractivity contribution in [1.29, 1.82) is 0 Å². The van der Waals surface area contributed by atoms with Crippen LogP contribution in [0.4, 0.5) is 4.39 Å². The van der Waals surface area contributed by atoms with Crippen LogP contribution in [0.2, 0.25) is 0 Å². The van der Waals surface area contributed by atoms with Gasteiger partial charge >= 0.3 is 0 Å². The summed E-state index contributed by atoms with van der Waals surface area (Å²) in [6, 6.07) is 0. The summed E-state index contributed by atoms with van der Waals surface area (Å²) in [6.45, 7) is 1.59. The number of likely N-dealkylation sites (tertiary alicyclic amines) is 1. The first kappa shape index (κ1) is 19.9. The molecule has 2 N–H and O–H groups in total. The van der Waals surface area contributed by atoms with Gasteiger partial charge in [0.2, 0.25) is 11.8 Å². The second kappa shape index (κ2) is 8.87. The molecule has 3 fully saturated rings. The molecule has 3 rings (SSSR count). The third-order valence-electron chi connectivity index (χ3n) is 6.28. The van der Waals surface area contributed by atoms with Crippen LogP contribution in [0.25, 0.3) is 0 Å². The number of nitrogens with one attached hydrogen (secondary N) is 2. The molecular formula is C19H31ClFN3O2. The first-order chi connectivity index (χ1) is 12.4. The van der Waals surface area contributed by atoms with Crippen LogP contribution in [0.1, 0.15) is 51.4 Å². The highest BCUT2D eigenvalue weighted by molar-refractivity contribution is 6.21. The monoisotopic (exact) mass is 387 g/mol. The van der Waals surface area contributed by atoms with Crippen LogP contribution in [0.5, 0.6) is 0 Å². The fraction of sp³-hybridized carbons (Fsp3) is 0.895. The van der Waals surface area contributed by atoms with E-state index in [1.54, 1.807) is 11.9 Å². The highest BCUT2D eigenvalue weighted by Crippen LogP contribution is 2.35. The lowest BCUT2D eigenvalue weighted by molar-refractivity contribution is -0.144. The smallest absolute Gasteiger partial charge is 0.234 e. The van der Waals surface area contributed by atoms with Crippen molar-refractivity contribution in [1.82, 2.24) is 15.5 Å². The summed E-state index contributed by atoms with van der Waals surface area (Å²) in [4.78, 5) is 26.2. The Kier molecular flexibility index (Phi) is 6.78. The van der Waals surface area contributed by atoms with Gasteiger partial charge in [-0.3, -0.25) is 14.9 Å². The molecule has 5 nitrogen and oxygen atoms in total. The number of carbonyl (C=O) groups is 2. The van der Waals surface area contributed by atoms with Gasteiger partial charge in [0.15, 0.2) is 0 Å². The van der Waals surface area contributed by atoms with Crippen molar-refractivity contribution in [2.24, 2.45) is 17.8 Å². The molecule has 6 atom stereocenters. The molecule has 2 amide bonds. The first-order valence-electron chi connectivity index (χ1n) is 10.0. The summed E-state index contributed by atoms with van der Waals surface area (Å²) in [5.74, 6) is 0.309. The number of rotatable bonds is 4. The molecule has 0 aromatic carbocycles. The second-order valence-electron chi connectivity index (χ2n) is 8.31. The van der Waals surface area contributed by atoms with Gasteiger partial charge in [0, 0.05) is 13.6 Å². The maximum Gasteiger partial charge on any atom is 0.234 e. The van der Waals surface area contributed by atoms with Crippen molar-refractivity contribution < 1.29 is 14.0 Å². The maximum absolute atomic E-state index is 13.5. The van der Waals surface area contributed by atoms with E-state index < -0.39 is 12.1 Å². The van der Waals surface area contributed by atoms with Crippen LogP contribution >= 0.6 is 11.6 Å². The minimum absolute atomic E-state index is 0.0545. The van der Waals surface area contributed by atoms with Gasteiger partial charge in [0.05, 0.1) is 11.5 Å². The van der Waals surface area contributed by atoms with Gasteiger partial charge in [-0.05, 0) is 69.7 Å². The van der Waals surface area contributed by atoms with Crippen LogP contribution in [-0.4, -0.2) is 54.6 Å². The van der Waals surface area contributed by atoms with Crippen molar-refractivity contribution in [3.8, 4) is 0 Å². The van der Waals surface area contributed by atoms with Gasteiger partial charge in [0.1, 0.15) is 12.1 Å². The molecule has 148 valence electrons. The summed E-state index contributed by atoms with van der Waals surface area (Å²) >= 11 is 6.09. The number of piperidine rings is 2. The van der Waals surface area contributed by atoms with Crippen molar-refractivity contribution in [2.45, 2.75) is 69.1 Å². The van der Waals surface area contributed by atoms with Crippen molar-refractivity contribution in [3.05, 3.63) is 0 Å². The van der Waals surface area contributed by atoms with Crippen LogP contribution < -0.4 is 10.6 Å². The average Bonchev–Trinajstić information content (AvgIpc) is 2.62. The normalized spacial score (nSPS) is 38.9. The Balaban J connectivity index is 1.40. The molecule has 0 radical (unpaired) electrons. The summed E-state index contributed by atoms with van der Waals surface area (Å²) in [7, 11) is 1.76. The highest BCUT2D eigenvalue weighted by Gasteiger charge is 2.35.